The fourth-order valence-corrected chi connectivity index (χ4v) is 2.33. The number of benzene rings is 2. The van der Waals surface area contributed by atoms with Crippen molar-refractivity contribution in [3.05, 3.63) is 63.3 Å². The molecule has 0 aliphatic carbocycles. The van der Waals surface area contributed by atoms with Crippen LogP contribution < -0.4 is 10.2 Å². The Morgan fingerprint density at radius 3 is 2.55 bits per heavy atom. The Kier molecular flexibility index (Phi) is 3.58. The van der Waals surface area contributed by atoms with E-state index in [-0.39, 0.29) is 16.8 Å². The predicted molar refractivity (Wildman–Crippen MR) is 84.2 cm³/mol. The molecule has 4 nitrogen and oxygen atoms in total. The smallest absolute Gasteiger partial charge is 0.211 e. The van der Waals surface area contributed by atoms with E-state index in [1.54, 1.807) is 42.5 Å². The Balaban J connectivity index is 2.36. The average molecular weight is 312 g/mol. The zero-order valence-electron chi connectivity index (χ0n) is 11.6. The van der Waals surface area contributed by atoms with E-state index in [4.69, 9.17) is 20.8 Å². The van der Waals surface area contributed by atoms with Crippen LogP contribution in [0.15, 0.2) is 51.7 Å². The van der Waals surface area contributed by atoms with Crippen molar-refractivity contribution < 1.29 is 9.15 Å². The molecule has 1 heterocycles. The molecule has 108 valence electrons. The van der Waals surface area contributed by atoms with E-state index in [0.717, 1.165) is 0 Å². The van der Waals surface area contributed by atoms with Gasteiger partial charge in [0.1, 0.15) is 23.0 Å². The zero-order chi connectivity index (χ0) is 15.7. The molecular weight excluding hydrogens is 302 g/mol. The summed E-state index contributed by atoms with van der Waals surface area (Å²) in [5, 5.41) is 10.2. The molecule has 0 atom stereocenters. The van der Waals surface area contributed by atoms with Crippen molar-refractivity contribution >= 4 is 22.6 Å². The molecule has 0 radical (unpaired) electrons. The third kappa shape index (κ3) is 2.32. The Bertz CT molecular complexity index is 953. The minimum absolute atomic E-state index is 0.0278. The first kappa shape index (κ1) is 14.2. The summed E-state index contributed by atoms with van der Waals surface area (Å²) in [4.78, 5) is 12.5. The van der Waals surface area contributed by atoms with Crippen molar-refractivity contribution in [1.29, 1.82) is 5.26 Å². The Labute approximate surface area is 131 Å². The number of halogens is 1. The maximum Gasteiger partial charge on any atom is 0.211 e. The van der Waals surface area contributed by atoms with Crippen LogP contribution in [-0.4, -0.2) is 7.11 Å². The van der Waals surface area contributed by atoms with Gasteiger partial charge in [0.05, 0.1) is 12.5 Å². The highest BCUT2D eigenvalue weighted by molar-refractivity contribution is 6.30. The number of rotatable bonds is 2. The van der Waals surface area contributed by atoms with Gasteiger partial charge in [0, 0.05) is 16.7 Å². The fraction of sp³-hybridized carbons (Fsp3) is 0.0588. The van der Waals surface area contributed by atoms with Gasteiger partial charge in [-0.05, 0) is 36.4 Å². The van der Waals surface area contributed by atoms with Gasteiger partial charge >= 0.3 is 0 Å². The molecule has 0 bridgehead atoms. The number of nitriles is 1. The molecule has 0 N–H and O–H groups in total. The molecule has 0 amide bonds. The van der Waals surface area contributed by atoms with Crippen molar-refractivity contribution in [1.82, 2.24) is 0 Å². The maximum atomic E-state index is 12.5. The third-order valence-electron chi connectivity index (χ3n) is 3.32. The lowest BCUT2D eigenvalue weighted by Crippen LogP contribution is -2.08. The molecule has 0 unspecified atom stereocenters. The number of hydrogen-bond acceptors (Lipinski definition) is 4. The number of fused-ring (bicyclic) bond motifs is 1. The minimum atomic E-state index is -0.364. The molecule has 0 spiro atoms. The first-order valence-corrected chi connectivity index (χ1v) is 6.82. The van der Waals surface area contributed by atoms with Crippen LogP contribution in [0, 0.1) is 11.3 Å². The van der Waals surface area contributed by atoms with E-state index >= 15 is 0 Å². The van der Waals surface area contributed by atoms with Crippen LogP contribution in [-0.2, 0) is 0 Å². The molecule has 0 saturated heterocycles. The summed E-state index contributed by atoms with van der Waals surface area (Å²) in [5.41, 5.74) is 0.590. The number of methoxy groups -OCH3 is 1. The summed E-state index contributed by atoms with van der Waals surface area (Å²) in [5.74, 6) is 0.798. The standard InChI is InChI=1S/C17H10ClNO3/c1-21-12-6-7-13-15(8-12)22-17(14(9-19)16(13)20)10-2-4-11(18)5-3-10/h2-8H,1H3. The van der Waals surface area contributed by atoms with E-state index in [2.05, 4.69) is 0 Å². The Morgan fingerprint density at radius 1 is 1.18 bits per heavy atom. The van der Waals surface area contributed by atoms with Gasteiger partial charge < -0.3 is 9.15 Å². The van der Waals surface area contributed by atoms with Crippen LogP contribution in [0.4, 0.5) is 0 Å². The topological polar surface area (TPSA) is 63.2 Å². The van der Waals surface area contributed by atoms with Crippen molar-refractivity contribution in [3.8, 4) is 23.1 Å². The number of hydrogen-bond donors (Lipinski definition) is 0. The van der Waals surface area contributed by atoms with E-state index in [9.17, 15) is 10.1 Å². The minimum Gasteiger partial charge on any atom is -0.497 e. The summed E-state index contributed by atoms with van der Waals surface area (Å²) < 4.78 is 10.9. The molecule has 3 rings (SSSR count). The van der Waals surface area contributed by atoms with Crippen LogP contribution >= 0.6 is 11.6 Å². The second-order valence-corrected chi connectivity index (χ2v) is 5.05. The van der Waals surface area contributed by atoms with Gasteiger partial charge in [-0.25, -0.2) is 0 Å². The van der Waals surface area contributed by atoms with Gasteiger partial charge in [-0.2, -0.15) is 5.26 Å². The molecule has 0 saturated carbocycles. The van der Waals surface area contributed by atoms with Crippen LogP contribution in [0.1, 0.15) is 5.56 Å². The van der Waals surface area contributed by atoms with Gasteiger partial charge in [-0.15, -0.1) is 0 Å². The van der Waals surface area contributed by atoms with E-state index < -0.39 is 0 Å². The van der Waals surface area contributed by atoms with E-state index in [1.807, 2.05) is 6.07 Å². The van der Waals surface area contributed by atoms with E-state index in [0.29, 0.717) is 27.3 Å². The second-order valence-electron chi connectivity index (χ2n) is 4.62. The van der Waals surface area contributed by atoms with Crippen LogP contribution in [0.5, 0.6) is 5.75 Å². The van der Waals surface area contributed by atoms with Crippen LogP contribution in [0.3, 0.4) is 0 Å². The summed E-state index contributed by atoms with van der Waals surface area (Å²) in [7, 11) is 1.53. The molecule has 5 heteroatoms. The summed E-state index contributed by atoms with van der Waals surface area (Å²) >= 11 is 5.86. The summed E-state index contributed by atoms with van der Waals surface area (Å²) in [6.07, 6.45) is 0. The van der Waals surface area contributed by atoms with Gasteiger partial charge in [0.25, 0.3) is 0 Å². The Morgan fingerprint density at radius 2 is 1.91 bits per heavy atom. The molecule has 1 aromatic heterocycles. The quantitative estimate of drug-likeness (QED) is 0.717. The van der Waals surface area contributed by atoms with Gasteiger partial charge in [-0.1, -0.05) is 11.6 Å². The molecule has 22 heavy (non-hydrogen) atoms. The predicted octanol–water partition coefficient (Wildman–Crippen LogP) is 3.99. The Hall–Kier alpha value is -2.77. The summed E-state index contributed by atoms with van der Waals surface area (Å²) in [6, 6.07) is 13.5. The average Bonchev–Trinajstić information content (AvgIpc) is 2.55. The monoisotopic (exact) mass is 311 g/mol. The highest BCUT2D eigenvalue weighted by atomic mass is 35.5. The fourth-order valence-electron chi connectivity index (χ4n) is 2.21. The number of ether oxygens (including phenoxy) is 1. The maximum absolute atomic E-state index is 12.5. The van der Waals surface area contributed by atoms with Crippen molar-refractivity contribution in [2.24, 2.45) is 0 Å². The lowest BCUT2D eigenvalue weighted by atomic mass is 10.1. The largest absolute Gasteiger partial charge is 0.497 e. The van der Waals surface area contributed by atoms with Crippen molar-refractivity contribution in [3.63, 3.8) is 0 Å². The first-order valence-electron chi connectivity index (χ1n) is 6.45. The highest BCUT2D eigenvalue weighted by Gasteiger charge is 2.16. The normalized spacial score (nSPS) is 10.4. The third-order valence-corrected chi connectivity index (χ3v) is 3.57. The second kappa shape index (κ2) is 5.55. The molecule has 0 fully saturated rings. The van der Waals surface area contributed by atoms with Gasteiger partial charge in [-0.3, -0.25) is 4.79 Å². The van der Waals surface area contributed by atoms with Crippen molar-refractivity contribution in [2.75, 3.05) is 7.11 Å². The SMILES string of the molecule is COc1ccc2c(=O)c(C#N)c(-c3ccc(Cl)cc3)oc2c1. The van der Waals surface area contributed by atoms with E-state index in [1.165, 1.54) is 7.11 Å². The van der Waals surface area contributed by atoms with Crippen LogP contribution in [0.2, 0.25) is 5.02 Å². The molecule has 0 aliphatic heterocycles. The zero-order valence-corrected chi connectivity index (χ0v) is 12.3. The summed E-state index contributed by atoms with van der Waals surface area (Å²) in [6.45, 7) is 0. The number of nitrogens with zero attached hydrogens (tertiary/aromatic N) is 1. The van der Waals surface area contributed by atoms with Gasteiger partial charge in [0.15, 0.2) is 5.76 Å². The molecule has 0 aliphatic rings. The van der Waals surface area contributed by atoms with Gasteiger partial charge in [0.2, 0.25) is 5.43 Å². The molecule has 2 aromatic carbocycles. The lowest BCUT2D eigenvalue weighted by molar-refractivity contribution is 0.414. The van der Waals surface area contributed by atoms with Crippen molar-refractivity contribution in [2.45, 2.75) is 0 Å². The molecular formula is C17H10ClNO3. The highest BCUT2D eigenvalue weighted by Crippen LogP contribution is 2.28. The molecule has 3 aromatic rings. The lowest BCUT2D eigenvalue weighted by Gasteiger charge is -2.07. The first-order chi connectivity index (χ1) is 10.6. The van der Waals surface area contributed by atoms with Crippen LogP contribution in [0.25, 0.3) is 22.3 Å².